The quantitative estimate of drug-likeness (QED) is 0.739. The second kappa shape index (κ2) is 4.06. The van der Waals surface area contributed by atoms with Crippen LogP contribution in [-0.2, 0) is 0 Å². The van der Waals surface area contributed by atoms with Gasteiger partial charge in [-0.3, -0.25) is 0 Å². The van der Waals surface area contributed by atoms with E-state index >= 15 is 0 Å². The SMILES string of the molecule is CC(C)(C)NCC1(O)CCCCC1(C)C. The number of aliphatic hydroxyl groups is 1. The first-order valence-corrected chi connectivity index (χ1v) is 6.14. The van der Waals surface area contributed by atoms with Crippen molar-refractivity contribution in [2.24, 2.45) is 5.41 Å². The van der Waals surface area contributed by atoms with Crippen LogP contribution in [0.2, 0.25) is 0 Å². The molecule has 1 aliphatic carbocycles. The van der Waals surface area contributed by atoms with Crippen molar-refractivity contribution in [3.8, 4) is 0 Å². The van der Waals surface area contributed by atoms with Crippen LogP contribution in [0.3, 0.4) is 0 Å². The highest BCUT2D eigenvalue weighted by Crippen LogP contribution is 2.43. The zero-order valence-electron chi connectivity index (χ0n) is 11.0. The molecular weight excluding hydrogens is 186 g/mol. The maximum atomic E-state index is 10.7. The van der Waals surface area contributed by atoms with Crippen LogP contribution in [0.25, 0.3) is 0 Å². The van der Waals surface area contributed by atoms with Crippen molar-refractivity contribution in [2.75, 3.05) is 6.54 Å². The molecule has 1 rings (SSSR count). The molecule has 1 atom stereocenters. The van der Waals surface area contributed by atoms with Gasteiger partial charge in [-0.05, 0) is 39.0 Å². The highest BCUT2D eigenvalue weighted by molar-refractivity contribution is 4.98. The Morgan fingerprint density at radius 2 is 1.67 bits per heavy atom. The molecule has 0 saturated heterocycles. The van der Waals surface area contributed by atoms with Crippen molar-refractivity contribution in [3.63, 3.8) is 0 Å². The smallest absolute Gasteiger partial charge is 0.0822 e. The summed E-state index contributed by atoms with van der Waals surface area (Å²) in [7, 11) is 0. The maximum Gasteiger partial charge on any atom is 0.0822 e. The van der Waals surface area contributed by atoms with Crippen molar-refractivity contribution in [2.45, 2.75) is 71.4 Å². The molecular formula is C13H27NO. The Hall–Kier alpha value is -0.0800. The van der Waals surface area contributed by atoms with Gasteiger partial charge >= 0.3 is 0 Å². The lowest BCUT2D eigenvalue weighted by atomic mass is 9.65. The highest BCUT2D eigenvalue weighted by Gasteiger charge is 2.45. The van der Waals surface area contributed by atoms with Crippen LogP contribution >= 0.6 is 0 Å². The fourth-order valence-electron chi connectivity index (χ4n) is 2.29. The van der Waals surface area contributed by atoms with Crippen LogP contribution in [0.5, 0.6) is 0 Å². The number of nitrogens with one attached hydrogen (secondary N) is 1. The second-order valence-electron chi connectivity index (χ2n) is 6.73. The second-order valence-corrected chi connectivity index (χ2v) is 6.73. The van der Waals surface area contributed by atoms with Gasteiger partial charge in [-0.15, -0.1) is 0 Å². The van der Waals surface area contributed by atoms with Gasteiger partial charge in [0, 0.05) is 12.1 Å². The Morgan fingerprint density at radius 1 is 1.13 bits per heavy atom. The Balaban J connectivity index is 2.63. The molecule has 0 spiro atoms. The molecule has 15 heavy (non-hydrogen) atoms. The molecule has 90 valence electrons. The average Bonchev–Trinajstić information content (AvgIpc) is 2.06. The molecule has 2 N–H and O–H groups in total. The van der Waals surface area contributed by atoms with Gasteiger partial charge in [0.2, 0.25) is 0 Å². The molecule has 2 nitrogen and oxygen atoms in total. The lowest BCUT2D eigenvalue weighted by Crippen LogP contribution is -2.56. The minimum absolute atomic E-state index is 0.0451. The molecule has 1 saturated carbocycles. The summed E-state index contributed by atoms with van der Waals surface area (Å²) in [6, 6.07) is 0. The number of hydrogen-bond acceptors (Lipinski definition) is 2. The van der Waals surface area contributed by atoms with E-state index in [-0.39, 0.29) is 11.0 Å². The molecule has 2 heteroatoms. The Labute approximate surface area is 94.5 Å². The van der Waals surface area contributed by atoms with E-state index in [1.54, 1.807) is 0 Å². The minimum atomic E-state index is -0.529. The summed E-state index contributed by atoms with van der Waals surface area (Å²) >= 11 is 0. The predicted octanol–water partition coefficient (Wildman–Crippen LogP) is 2.71. The molecule has 0 aliphatic heterocycles. The van der Waals surface area contributed by atoms with E-state index in [4.69, 9.17) is 0 Å². The Morgan fingerprint density at radius 3 is 2.13 bits per heavy atom. The van der Waals surface area contributed by atoms with Gasteiger partial charge in [0.05, 0.1) is 5.60 Å². The number of rotatable bonds is 2. The minimum Gasteiger partial charge on any atom is -0.388 e. The van der Waals surface area contributed by atoms with Crippen LogP contribution < -0.4 is 5.32 Å². The van der Waals surface area contributed by atoms with Crippen LogP contribution in [0.4, 0.5) is 0 Å². The fraction of sp³-hybridized carbons (Fsp3) is 1.00. The molecule has 0 aromatic rings. The highest BCUT2D eigenvalue weighted by atomic mass is 16.3. The third-order valence-corrected chi connectivity index (χ3v) is 3.81. The van der Waals surface area contributed by atoms with Crippen molar-refractivity contribution in [3.05, 3.63) is 0 Å². The summed E-state index contributed by atoms with van der Waals surface area (Å²) in [6.45, 7) is 11.5. The summed E-state index contributed by atoms with van der Waals surface area (Å²) in [5, 5.41) is 14.1. The third kappa shape index (κ3) is 3.18. The van der Waals surface area contributed by atoms with Gasteiger partial charge in [0.1, 0.15) is 0 Å². The van der Waals surface area contributed by atoms with E-state index in [0.717, 1.165) is 19.3 Å². The van der Waals surface area contributed by atoms with Crippen LogP contribution in [0, 0.1) is 5.41 Å². The summed E-state index contributed by atoms with van der Waals surface area (Å²) in [5.74, 6) is 0. The Kier molecular flexibility index (Phi) is 3.52. The molecule has 1 fully saturated rings. The average molecular weight is 213 g/mol. The molecule has 0 heterocycles. The van der Waals surface area contributed by atoms with Crippen molar-refractivity contribution in [1.82, 2.24) is 5.32 Å². The van der Waals surface area contributed by atoms with Gasteiger partial charge in [-0.1, -0.05) is 26.7 Å². The van der Waals surface area contributed by atoms with Gasteiger partial charge in [0.25, 0.3) is 0 Å². The van der Waals surface area contributed by atoms with E-state index < -0.39 is 5.60 Å². The van der Waals surface area contributed by atoms with Crippen molar-refractivity contribution in [1.29, 1.82) is 0 Å². The molecule has 0 amide bonds. The fourth-order valence-corrected chi connectivity index (χ4v) is 2.29. The first kappa shape index (κ1) is 13.0. The van der Waals surface area contributed by atoms with E-state index in [1.807, 2.05) is 0 Å². The molecule has 1 aliphatic rings. The zero-order chi connectivity index (χ0) is 11.7. The largest absolute Gasteiger partial charge is 0.388 e. The van der Waals surface area contributed by atoms with E-state index in [9.17, 15) is 5.11 Å². The van der Waals surface area contributed by atoms with E-state index in [2.05, 4.69) is 39.9 Å². The van der Waals surface area contributed by atoms with Crippen LogP contribution in [0.15, 0.2) is 0 Å². The topological polar surface area (TPSA) is 32.3 Å². The van der Waals surface area contributed by atoms with Crippen molar-refractivity contribution < 1.29 is 5.11 Å². The third-order valence-electron chi connectivity index (χ3n) is 3.81. The molecule has 0 aromatic carbocycles. The summed E-state index contributed by atoms with van der Waals surface area (Å²) in [4.78, 5) is 0. The molecule has 1 unspecified atom stereocenters. The monoisotopic (exact) mass is 213 g/mol. The van der Waals surface area contributed by atoms with E-state index in [0.29, 0.717) is 6.54 Å². The first-order chi connectivity index (χ1) is 6.66. The van der Waals surface area contributed by atoms with Crippen LogP contribution in [-0.4, -0.2) is 22.8 Å². The molecule has 0 radical (unpaired) electrons. The maximum absolute atomic E-state index is 10.7. The van der Waals surface area contributed by atoms with Gasteiger partial charge in [-0.2, -0.15) is 0 Å². The van der Waals surface area contributed by atoms with Gasteiger partial charge in [0.15, 0.2) is 0 Å². The molecule has 0 bridgehead atoms. The summed E-state index contributed by atoms with van der Waals surface area (Å²) in [5.41, 5.74) is -0.398. The Bertz CT molecular complexity index is 217. The normalized spacial score (nSPS) is 31.6. The van der Waals surface area contributed by atoms with Crippen molar-refractivity contribution >= 4 is 0 Å². The lowest BCUT2D eigenvalue weighted by Gasteiger charge is -2.47. The standard InChI is InChI=1S/C13H27NO/c1-11(2,3)14-10-13(15)9-7-6-8-12(13,4)5/h14-15H,6-10H2,1-5H3. The first-order valence-electron chi connectivity index (χ1n) is 6.14. The predicted molar refractivity (Wildman–Crippen MR) is 65.0 cm³/mol. The summed E-state index contributed by atoms with van der Waals surface area (Å²) < 4.78 is 0. The van der Waals surface area contributed by atoms with Gasteiger partial charge in [-0.25, -0.2) is 0 Å². The zero-order valence-corrected chi connectivity index (χ0v) is 11.0. The summed E-state index contributed by atoms with van der Waals surface area (Å²) in [6.07, 6.45) is 4.48. The molecule has 0 aromatic heterocycles. The number of hydrogen-bond donors (Lipinski definition) is 2. The van der Waals surface area contributed by atoms with E-state index in [1.165, 1.54) is 6.42 Å². The van der Waals surface area contributed by atoms with Crippen LogP contribution in [0.1, 0.15) is 60.3 Å². The lowest BCUT2D eigenvalue weighted by molar-refractivity contribution is -0.0968. The number of β-amino-alcohol motifs (C(OH)–C–C–N with tert-alkyl or cyclic N) is 1. The van der Waals surface area contributed by atoms with Gasteiger partial charge < -0.3 is 10.4 Å².